The fourth-order valence-electron chi connectivity index (χ4n) is 1.63. The van der Waals surface area contributed by atoms with Gasteiger partial charge in [0.1, 0.15) is 17.3 Å². The molecule has 0 aliphatic heterocycles. The highest BCUT2D eigenvalue weighted by Gasteiger charge is 2.33. The van der Waals surface area contributed by atoms with E-state index < -0.39 is 11.9 Å². The molecule has 0 radical (unpaired) electrons. The van der Waals surface area contributed by atoms with Crippen molar-refractivity contribution in [3.8, 4) is 0 Å². The normalized spacial score (nSPS) is 11.7. The van der Waals surface area contributed by atoms with Gasteiger partial charge in [-0.25, -0.2) is 4.98 Å². The van der Waals surface area contributed by atoms with Crippen molar-refractivity contribution in [3.63, 3.8) is 0 Å². The van der Waals surface area contributed by atoms with Crippen LogP contribution >= 0.6 is 15.9 Å². The maximum absolute atomic E-state index is 12.7. The molecule has 0 unspecified atom stereocenters. The third kappa shape index (κ3) is 2.73. The number of aryl methyl sites for hydroxylation is 1. The third-order valence-corrected chi connectivity index (χ3v) is 3.19. The van der Waals surface area contributed by atoms with E-state index in [1.54, 1.807) is 31.0 Å². The summed E-state index contributed by atoms with van der Waals surface area (Å²) < 4.78 is 40.0. The van der Waals surface area contributed by atoms with Crippen molar-refractivity contribution in [1.29, 1.82) is 0 Å². The van der Waals surface area contributed by atoms with E-state index in [1.807, 2.05) is 0 Å². The molecule has 0 saturated heterocycles. The summed E-state index contributed by atoms with van der Waals surface area (Å²) in [4.78, 5) is 5.19. The number of pyridine rings is 1. The first-order chi connectivity index (χ1) is 8.80. The summed E-state index contributed by atoms with van der Waals surface area (Å²) in [5.74, 6) is 0.811. The average molecular weight is 335 g/mol. The average Bonchev–Trinajstić information content (AvgIpc) is 2.73. The van der Waals surface area contributed by atoms with Crippen molar-refractivity contribution in [2.75, 3.05) is 11.9 Å². The highest BCUT2D eigenvalue weighted by Crippen LogP contribution is 2.34. The van der Waals surface area contributed by atoms with Crippen LogP contribution in [0, 0.1) is 0 Å². The molecule has 0 fully saturated rings. The Morgan fingerprint density at radius 1 is 1.26 bits per heavy atom. The molecule has 8 heteroatoms. The minimum Gasteiger partial charge on any atom is -0.313 e. The molecule has 0 aromatic carbocycles. The maximum Gasteiger partial charge on any atom is 0.433 e. The van der Waals surface area contributed by atoms with E-state index in [1.165, 1.54) is 11.0 Å². The van der Waals surface area contributed by atoms with Crippen LogP contribution in [0.15, 0.2) is 28.9 Å². The van der Waals surface area contributed by atoms with Crippen LogP contribution in [-0.2, 0) is 13.2 Å². The summed E-state index contributed by atoms with van der Waals surface area (Å²) in [5.41, 5.74) is -0.931. The van der Waals surface area contributed by atoms with Gasteiger partial charge in [0, 0.05) is 20.2 Å². The van der Waals surface area contributed by atoms with Crippen LogP contribution in [0.1, 0.15) is 5.69 Å². The highest BCUT2D eigenvalue weighted by molar-refractivity contribution is 9.10. The summed E-state index contributed by atoms with van der Waals surface area (Å²) in [6.45, 7) is 0. The van der Waals surface area contributed by atoms with Crippen LogP contribution in [0.25, 0.3) is 0 Å². The second-order valence-corrected chi connectivity index (χ2v) is 4.73. The zero-order chi connectivity index (χ0) is 14.2. The van der Waals surface area contributed by atoms with Crippen LogP contribution in [0.3, 0.4) is 0 Å². The van der Waals surface area contributed by atoms with Gasteiger partial charge >= 0.3 is 6.18 Å². The van der Waals surface area contributed by atoms with Crippen LogP contribution in [0.4, 0.5) is 24.8 Å². The minimum atomic E-state index is -4.47. The molecule has 2 rings (SSSR count). The molecular weight excluding hydrogens is 325 g/mol. The lowest BCUT2D eigenvalue weighted by Crippen LogP contribution is -2.18. The number of rotatable bonds is 2. The van der Waals surface area contributed by atoms with Gasteiger partial charge in [-0.05, 0) is 28.1 Å². The molecule has 0 atom stereocenters. The predicted octanol–water partition coefficient (Wildman–Crippen LogP) is 3.36. The van der Waals surface area contributed by atoms with E-state index in [4.69, 9.17) is 0 Å². The Morgan fingerprint density at radius 3 is 2.47 bits per heavy atom. The Kier molecular flexibility index (Phi) is 3.53. The molecule has 2 aromatic rings. The van der Waals surface area contributed by atoms with E-state index >= 15 is 0 Å². The summed E-state index contributed by atoms with van der Waals surface area (Å²) in [6, 6.07) is 3.96. The second-order valence-electron chi connectivity index (χ2n) is 3.87. The van der Waals surface area contributed by atoms with Crippen LogP contribution < -0.4 is 4.90 Å². The topological polar surface area (TPSA) is 34.0 Å². The van der Waals surface area contributed by atoms with Gasteiger partial charge in [-0.1, -0.05) is 0 Å². The lowest BCUT2D eigenvalue weighted by atomic mass is 10.3. The Morgan fingerprint density at radius 2 is 1.95 bits per heavy atom. The Hall–Kier alpha value is -1.57. The zero-order valence-corrected chi connectivity index (χ0v) is 11.7. The van der Waals surface area contributed by atoms with Gasteiger partial charge in [-0.15, -0.1) is 0 Å². The largest absolute Gasteiger partial charge is 0.433 e. The molecule has 0 spiro atoms. The first kappa shape index (κ1) is 13.9. The molecule has 0 saturated carbocycles. The standard InChI is InChI=1S/C11H10BrF3N4/c1-18(9-5-6-16-19(9)2)10-7(12)3-4-8(17-10)11(13,14)15/h3-6H,1-2H3. The summed E-state index contributed by atoms with van der Waals surface area (Å²) in [6.07, 6.45) is -2.91. The second kappa shape index (κ2) is 4.84. The molecule has 2 heterocycles. The van der Waals surface area contributed by atoms with E-state index in [2.05, 4.69) is 26.0 Å². The van der Waals surface area contributed by atoms with Crippen molar-refractivity contribution in [1.82, 2.24) is 14.8 Å². The summed E-state index contributed by atoms with van der Waals surface area (Å²) in [7, 11) is 3.33. The van der Waals surface area contributed by atoms with Crippen molar-refractivity contribution in [2.45, 2.75) is 6.18 Å². The summed E-state index contributed by atoms with van der Waals surface area (Å²) in [5, 5.41) is 3.97. The fraction of sp³-hybridized carbons (Fsp3) is 0.273. The molecule has 0 amide bonds. The van der Waals surface area contributed by atoms with Gasteiger partial charge in [0.05, 0.1) is 10.7 Å². The number of alkyl halides is 3. The smallest absolute Gasteiger partial charge is 0.313 e. The van der Waals surface area contributed by atoms with Gasteiger partial charge in [0.25, 0.3) is 0 Å². The lowest BCUT2D eigenvalue weighted by Gasteiger charge is -2.20. The molecular formula is C11H10BrF3N4. The Balaban J connectivity index is 2.47. The molecule has 102 valence electrons. The number of halogens is 4. The van der Waals surface area contributed by atoms with E-state index in [0.717, 1.165) is 6.07 Å². The maximum atomic E-state index is 12.7. The van der Waals surface area contributed by atoms with Gasteiger partial charge in [-0.2, -0.15) is 18.3 Å². The van der Waals surface area contributed by atoms with Gasteiger partial charge in [0.2, 0.25) is 0 Å². The monoisotopic (exact) mass is 334 g/mol. The molecule has 4 nitrogen and oxygen atoms in total. The van der Waals surface area contributed by atoms with E-state index in [-0.39, 0.29) is 5.82 Å². The van der Waals surface area contributed by atoms with Gasteiger partial charge in [-0.3, -0.25) is 4.68 Å². The molecule has 0 aliphatic carbocycles. The quantitative estimate of drug-likeness (QED) is 0.844. The van der Waals surface area contributed by atoms with Crippen LogP contribution in [0.2, 0.25) is 0 Å². The highest BCUT2D eigenvalue weighted by atomic mass is 79.9. The summed E-state index contributed by atoms with van der Waals surface area (Å²) >= 11 is 3.21. The molecule has 0 N–H and O–H groups in total. The van der Waals surface area contributed by atoms with E-state index in [9.17, 15) is 13.2 Å². The number of nitrogens with zero attached hydrogens (tertiary/aromatic N) is 4. The van der Waals surface area contributed by atoms with E-state index in [0.29, 0.717) is 10.3 Å². The van der Waals surface area contributed by atoms with Crippen molar-refractivity contribution in [3.05, 3.63) is 34.6 Å². The van der Waals surface area contributed by atoms with Crippen molar-refractivity contribution >= 4 is 27.6 Å². The first-order valence-corrected chi connectivity index (χ1v) is 6.05. The lowest BCUT2D eigenvalue weighted by molar-refractivity contribution is -0.141. The molecule has 0 bridgehead atoms. The number of hydrogen-bond donors (Lipinski definition) is 0. The number of anilines is 2. The number of hydrogen-bond acceptors (Lipinski definition) is 3. The minimum absolute atomic E-state index is 0.179. The Labute approximate surface area is 116 Å². The number of aromatic nitrogens is 3. The van der Waals surface area contributed by atoms with Crippen molar-refractivity contribution in [2.24, 2.45) is 7.05 Å². The molecule has 2 aromatic heterocycles. The van der Waals surface area contributed by atoms with Crippen LogP contribution in [-0.4, -0.2) is 21.8 Å². The third-order valence-electron chi connectivity index (χ3n) is 2.57. The van der Waals surface area contributed by atoms with Gasteiger partial charge < -0.3 is 4.90 Å². The SMILES string of the molecule is CN(c1nc(C(F)(F)F)ccc1Br)c1ccnn1C. The predicted molar refractivity (Wildman–Crippen MR) is 68.2 cm³/mol. The zero-order valence-electron chi connectivity index (χ0n) is 10.1. The first-order valence-electron chi connectivity index (χ1n) is 5.26. The van der Waals surface area contributed by atoms with Crippen molar-refractivity contribution < 1.29 is 13.2 Å². The molecule has 19 heavy (non-hydrogen) atoms. The molecule has 0 aliphatic rings. The van der Waals surface area contributed by atoms with Gasteiger partial charge in [0.15, 0.2) is 0 Å². The fourth-order valence-corrected chi connectivity index (χ4v) is 2.12. The van der Waals surface area contributed by atoms with Crippen LogP contribution in [0.5, 0.6) is 0 Å². The Bertz CT molecular complexity index is 594.